The Kier molecular flexibility index (Phi) is 5.87. The second kappa shape index (κ2) is 6.36. The molecule has 1 rings (SSSR count). The highest BCUT2D eigenvalue weighted by Gasteiger charge is 1.93. The lowest BCUT2D eigenvalue weighted by Gasteiger charge is -1.94. The molecular formula is C12H19ClN2. The number of hydrogen-bond acceptors (Lipinski definition) is 1. The minimum Gasteiger partial charge on any atom is -0.339 e. The van der Waals surface area contributed by atoms with Crippen LogP contribution in [0.4, 0.5) is 0 Å². The van der Waals surface area contributed by atoms with Crippen molar-refractivity contribution in [3.63, 3.8) is 0 Å². The van der Waals surface area contributed by atoms with Crippen molar-refractivity contribution in [1.82, 2.24) is 4.68 Å². The molecule has 2 nitrogen and oxygen atoms in total. The predicted octanol–water partition coefficient (Wildman–Crippen LogP) is 1.95. The van der Waals surface area contributed by atoms with Gasteiger partial charge in [-0.15, -0.1) is 0 Å². The third-order valence-corrected chi connectivity index (χ3v) is 2.27. The highest BCUT2D eigenvalue weighted by molar-refractivity contribution is 6.34. The van der Waals surface area contributed by atoms with Crippen molar-refractivity contribution in [2.75, 3.05) is 5.84 Å². The molecule has 0 unspecified atom stereocenters. The quantitative estimate of drug-likeness (QED) is 0.730. The molecule has 0 amide bonds. The first-order chi connectivity index (χ1) is 7.02. The average Bonchev–Trinajstić information content (AvgIpc) is 2.52. The van der Waals surface area contributed by atoms with E-state index < -0.39 is 0 Å². The summed E-state index contributed by atoms with van der Waals surface area (Å²) in [5.41, 5.74) is 1.06. The van der Waals surface area contributed by atoms with E-state index in [2.05, 4.69) is 6.58 Å². The van der Waals surface area contributed by atoms with E-state index in [-0.39, 0.29) is 0 Å². The van der Waals surface area contributed by atoms with E-state index in [4.69, 9.17) is 17.4 Å². The molecule has 0 saturated heterocycles. The van der Waals surface area contributed by atoms with Crippen molar-refractivity contribution in [2.24, 2.45) is 0 Å². The number of nitrogens with two attached hydrogens (primary N) is 1. The Labute approximate surface area is 96.3 Å². The van der Waals surface area contributed by atoms with Crippen LogP contribution in [-0.4, -0.2) is 4.68 Å². The van der Waals surface area contributed by atoms with Crippen molar-refractivity contribution in [3.8, 4) is 0 Å². The minimum atomic E-state index is 0.704. The molecule has 0 aliphatic rings. The number of nitrogen functional groups attached to an aromatic ring is 1. The molecule has 1 heterocycles. The molecule has 0 bridgehead atoms. The summed E-state index contributed by atoms with van der Waals surface area (Å²) in [4.78, 5) is 0. The van der Waals surface area contributed by atoms with Crippen LogP contribution < -0.4 is 16.4 Å². The van der Waals surface area contributed by atoms with Gasteiger partial charge < -0.3 is 5.84 Å². The van der Waals surface area contributed by atoms with E-state index >= 15 is 0 Å². The van der Waals surface area contributed by atoms with Gasteiger partial charge in [0.2, 0.25) is 0 Å². The van der Waals surface area contributed by atoms with Crippen LogP contribution in [0.2, 0.25) is 0 Å². The van der Waals surface area contributed by atoms with Crippen LogP contribution in [0.1, 0.15) is 27.7 Å². The Hall–Kier alpha value is -1.15. The Morgan fingerprint density at radius 2 is 2.00 bits per heavy atom. The maximum absolute atomic E-state index is 5.98. The Morgan fingerprint density at radius 1 is 1.47 bits per heavy atom. The summed E-state index contributed by atoms with van der Waals surface area (Å²) in [6.45, 7) is 11.7. The lowest BCUT2D eigenvalue weighted by molar-refractivity contribution is 0.973. The van der Waals surface area contributed by atoms with Crippen molar-refractivity contribution in [1.29, 1.82) is 0 Å². The third-order valence-electron chi connectivity index (χ3n) is 1.78. The van der Waals surface area contributed by atoms with E-state index in [1.807, 2.05) is 39.8 Å². The Morgan fingerprint density at radius 3 is 2.33 bits per heavy atom. The number of rotatable bonds is 1. The zero-order chi connectivity index (χ0) is 12.0. The van der Waals surface area contributed by atoms with Gasteiger partial charge in [-0.25, -0.2) is 0 Å². The molecule has 1 aromatic heterocycles. The first-order valence-corrected chi connectivity index (χ1v) is 5.36. The van der Waals surface area contributed by atoms with Crippen molar-refractivity contribution in [3.05, 3.63) is 33.4 Å². The Bertz CT molecular complexity index is 437. The first-order valence-electron chi connectivity index (χ1n) is 4.98. The minimum absolute atomic E-state index is 0.704. The van der Waals surface area contributed by atoms with Crippen LogP contribution in [0.5, 0.6) is 0 Å². The van der Waals surface area contributed by atoms with Crippen LogP contribution in [-0.2, 0) is 0 Å². The largest absolute Gasteiger partial charge is 0.339 e. The molecule has 0 radical (unpaired) electrons. The lowest BCUT2D eigenvalue weighted by atomic mass is 10.3. The molecule has 0 atom stereocenters. The van der Waals surface area contributed by atoms with Crippen molar-refractivity contribution >= 4 is 24.3 Å². The van der Waals surface area contributed by atoms with Gasteiger partial charge in [0.25, 0.3) is 0 Å². The molecule has 0 spiro atoms. The van der Waals surface area contributed by atoms with Crippen LogP contribution in [0.3, 0.4) is 0 Å². The highest BCUT2D eigenvalue weighted by atomic mass is 35.5. The number of allylic oxidation sites excluding steroid dienone is 2. The van der Waals surface area contributed by atoms with Gasteiger partial charge in [-0.3, -0.25) is 4.68 Å². The number of halogens is 1. The number of hydrogen-bond donors (Lipinski definition) is 1. The summed E-state index contributed by atoms with van der Waals surface area (Å²) in [6.07, 6.45) is 3.57. The fourth-order valence-corrected chi connectivity index (χ4v) is 1.04. The summed E-state index contributed by atoms with van der Waals surface area (Å²) in [7, 11) is 0. The molecule has 15 heavy (non-hydrogen) atoms. The van der Waals surface area contributed by atoms with E-state index in [0.717, 1.165) is 16.1 Å². The first kappa shape index (κ1) is 13.8. The second-order valence-corrected chi connectivity index (χ2v) is 3.53. The van der Waals surface area contributed by atoms with Crippen LogP contribution in [0.25, 0.3) is 12.7 Å². The molecule has 2 N–H and O–H groups in total. The van der Waals surface area contributed by atoms with Crippen molar-refractivity contribution < 1.29 is 0 Å². The summed E-state index contributed by atoms with van der Waals surface area (Å²) >= 11 is 5.98. The van der Waals surface area contributed by atoms with Crippen molar-refractivity contribution in [2.45, 2.75) is 27.7 Å². The van der Waals surface area contributed by atoms with Gasteiger partial charge >= 0.3 is 0 Å². The number of nitrogens with zero attached hydrogens (tertiary/aromatic N) is 1. The zero-order valence-corrected chi connectivity index (χ0v) is 10.6. The highest BCUT2D eigenvalue weighted by Crippen LogP contribution is 2.08. The van der Waals surface area contributed by atoms with Gasteiger partial charge in [-0.05, 0) is 31.2 Å². The van der Waals surface area contributed by atoms with Gasteiger partial charge in [0.15, 0.2) is 0 Å². The zero-order valence-electron chi connectivity index (χ0n) is 9.84. The second-order valence-electron chi connectivity index (χ2n) is 3.13. The monoisotopic (exact) mass is 226 g/mol. The van der Waals surface area contributed by atoms with Crippen LogP contribution in [0.15, 0.2) is 22.9 Å². The predicted molar refractivity (Wildman–Crippen MR) is 69.4 cm³/mol. The van der Waals surface area contributed by atoms with E-state index in [9.17, 15) is 0 Å². The van der Waals surface area contributed by atoms with Gasteiger partial charge in [0, 0.05) is 11.2 Å². The smallest absolute Gasteiger partial charge is 0.0698 e. The summed E-state index contributed by atoms with van der Waals surface area (Å²) in [5.74, 6) is 5.65. The standard InChI is InChI=1S/C10H13ClN2.C2H6/c1-7(2)9(11)6-10-8(3)4-5-13(10)12;1-2/h4-6H,3,12H2,1-2H3;1-2H3/b10-6+;. The molecule has 84 valence electrons. The van der Waals surface area contributed by atoms with Gasteiger partial charge in [0.1, 0.15) is 0 Å². The Balaban J connectivity index is 0.000000921. The molecule has 3 heteroatoms. The van der Waals surface area contributed by atoms with Crippen LogP contribution in [0, 0.1) is 0 Å². The van der Waals surface area contributed by atoms with E-state index in [1.165, 1.54) is 4.68 Å². The topological polar surface area (TPSA) is 30.9 Å². The summed E-state index contributed by atoms with van der Waals surface area (Å²) in [5, 5.41) is 2.42. The average molecular weight is 227 g/mol. The summed E-state index contributed by atoms with van der Waals surface area (Å²) < 4.78 is 1.51. The molecular weight excluding hydrogens is 208 g/mol. The summed E-state index contributed by atoms with van der Waals surface area (Å²) in [6, 6.07) is 1.85. The van der Waals surface area contributed by atoms with E-state index in [0.29, 0.717) is 5.03 Å². The molecule has 0 aliphatic carbocycles. The molecule has 1 aromatic rings. The fourth-order valence-electron chi connectivity index (χ4n) is 0.933. The molecule has 0 saturated carbocycles. The van der Waals surface area contributed by atoms with Gasteiger partial charge in [-0.2, -0.15) is 0 Å². The third kappa shape index (κ3) is 3.84. The maximum atomic E-state index is 5.98. The normalized spacial score (nSPS) is 10.6. The van der Waals surface area contributed by atoms with E-state index in [1.54, 1.807) is 6.20 Å². The molecule has 0 aliphatic heterocycles. The molecule has 0 aromatic carbocycles. The SMILES string of the molecule is C=c1ccn(N)/c1=C/C(Cl)=C(C)C.CC. The lowest BCUT2D eigenvalue weighted by Crippen LogP contribution is -2.32. The fraction of sp³-hybridized carbons (Fsp3) is 0.333. The van der Waals surface area contributed by atoms with Crippen LogP contribution >= 0.6 is 11.6 Å². The number of aromatic nitrogens is 1. The molecule has 0 fully saturated rings. The maximum Gasteiger partial charge on any atom is 0.0698 e. The van der Waals surface area contributed by atoms with Gasteiger partial charge in [-0.1, -0.05) is 37.6 Å². The van der Waals surface area contributed by atoms with Gasteiger partial charge in [0.05, 0.1) is 5.35 Å².